The molecule has 4 N–H and O–H groups in total. The van der Waals surface area contributed by atoms with Crippen LogP contribution in [0.2, 0.25) is 5.02 Å². The summed E-state index contributed by atoms with van der Waals surface area (Å²) in [5, 5.41) is 22.4. The van der Waals surface area contributed by atoms with Gasteiger partial charge in [-0.2, -0.15) is 10.2 Å². The lowest BCUT2D eigenvalue weighted by molar-refractivity contribution is 0.141. The van der Waals surface area contributed by atoms with Gasteiger partial charge in [0, 0.05) is 37.3 Å². The maximum atomic E-state index is 10.9. The standard InChI is InChI=1S/C18H25ClN8O/c1-18(2)8-12(13(10-20-3)15(18)26-21-4)17(28)25-11-7-14(19)16(22-9-11)27-23-5-6-24-27/h5-7,9-10,12,17,21,25-26,28H,8H2,1-4H3. The van der Waals surface area contributed by atoms with Gasteiger partial charge in [-0.1, -0.05) is 25.4 Å². The number of hydrogen-bond donors (Lipinski definition) is 4. The lowest BCUT2D eigenvalue weighted by Gasteiger charge is -2.25. The van der Waals surface area contributed by atoms with E-state index in [1.54, 1.807) is 37.9 Å². The van der Waals surface area contributed by atoms with Crippen LogP contribution in [0.15, 0.2) is 40.9 Å². The summed E-state index contributed by atoms with van der Waals surface area (Å²) in [5.74, 6) is 0.272. The molecular weight excluding hydrogens is 380 g/mol. The van der Waals surface area contributed by atoms with E-state index in [1.165, 1.54) is 4.80 Å². The molecule has 10 heteroatoms. The Morgan fingerprint density at radius 3 is 2.71 bits per heavy atom. The SMILES string of the molecule is CN=CC1=C(NNC)C(C)(C)CC1C(O)Nc1cnc(-n2nccn2)c(Cl)c1. The van der Waals surface area contributed by atoms with Gasteiger partial charge in [-0.3, -0.25) is 4.99 Å². The highest BCUT2D eigenvalue weighted by atomic mass is 35.5. The second kappa shape index (κ2) is 8.26. The van der Waals surface area contributed by atoms with E-state index in [-0.39, 0.29) is 11.3 Å². The van der Waals surface area contributed by atoms with Crippen LogP contribution in [0.5, 0.6) is 0 Å². The molecule has 2 aromatic heterocycles. The summed E-state index contributed by atoms with van der Waals surface area (Å²) in [4.78, 5) is 9.81. The fraction of sp³-hybridized carbons (Fsp3) is 0.444. The van der Waals surface area contributed by atoms with Crippen molar-refractivity contribution < 1.29 is 5.11 Å². The smallest absolute Gasteiger partial charge is 0.193 e. The molecule has 9 nitrogen and oxygen atoms in total. The molecule has 2 atom stereocenters. The van der Waals surface area contributed by atoms with Crippen molar-refractivity contribution in [2.75, 3.05) is 19.4 Å². The molecule has 2 aromatic rings. The number of pyridine rings is 1. The molecule has 0 fully saturated rings. The van der Waals surface area contributed by atoms with E-state index in [0.29, 0.717) is 16.5 Å². The molecule has 0 aliphatic heterocycles. The van der Waals surface area contributed by atoms with Crippen molar-refractivity contribution >= 4 is 23.5 Å². The molecule has 2 heterocycles. The molecule has 3 rings (SSSR count). The summed E-state index contributed by atoms with van der Waals surface area (Å²) in [6, 6.07) is 1.70. The van der Waals surface area contributed by atoms with Crippen molar-refractivity contribution in [1.29, 1.82) is 0 Å². The van der Waals surface area contributed by atoms with E-state index in [9.17, 15) is 5.11 Å². The minimum atomic E-state index is -0.838. The zero-order valence-electron chi connectivity index (χ0n) is 16.3. The molecule has 0 bridgehead atoms. The number of aliphatic hydroxyl groups excluding tert-OH is 1. The number of hydrazine groups is 1. The number of allylic oxidation sites excluding steroid dienone is 1. The van der Waals surface area contributed by atoms with Crippen LogP contribution in [0.3, 0.4) is 0 Å². The molecule has 2 unspecified atom stereocenters. The number of aliphatic imine (C=N–C) groups is 1. The third-order valence-corrected chi connectivity index (χ3v) is 5.02. The molecule has 0 saturated heterocycles. The third kappa shape index (κ3) is 4.01. The predicted molar refractivity (Wildman–Crippen MR) is 109 cm³/mol. The second-order valence-electron chi connectivity index (χ2n) is 7.22. The molecule has 0 saturated carbocycles. The first kappa shape index (κ1) is 20.2. The molecule has 28 heavy (non-hydrogen) atoms. The highest BCUT2D eigenvalue weighted by molar-refractivity contribution is 6.32. The van der Waals surface area contributed by atoms with Gasteiger partial charge in [-0.15, -0.1) is 4.80 Å². The third-order valence-electron chi connectivity index (χ3n) is 4.74. The van der Waals surface area contributed by atoms with Crippen LogP contribution < -0.4 is 16.2 Å². The maximum absolute atomic E-state index is 10.9. The van der Waals surface area contributed by atoms with Gasteiger partial charge in [0.1, 0.15) is 6.23 Å². The van der Waals surface area contributed by atoms with Crippen LogP contribution in [-0.4, -0.2) is 51.6 Å². The minimum Gasteiger partial charge on any atom is -0.373 e. The normalized spacial score (nSPS) is 20.0. The molecule has 0 aromatic carbocycles. The fourth-order valence-corrected chi connectivity index (χ4v) is 3.78. The zero-order valence-corrected chi connectivity index (χ0v) is 17.1. The minimum absolute atomic E-state index is 0.141. The number of aromatic nitrogens is 4. The molecular formula is C18H25ClN8O. The molecule has 0 spiro atoms. The van der Waals surface area contributed by atoms with Gasteiger partial charge in [-0.25, -0.2) is 10.4 Å². The first-order chi connectivity index (χ1) is 13.4. The van der Waals surface area contributed by atoms with Crippen molar-refractivity contribution in [3.05, 3.63) is 40.9 Å². The monoisotopic (exact) mass is 404 g/mol. The number of rotatable bonds is 7. The van der Waals surface area contributed by atoms with Crippen molar-refractivity contribution in [2.45, 2.75) is 26.5 Å². The average Bonchev–Trinajstić information content (AvgIpc) is 3.24. The van der Waals surface area contributed by atoms with E-state index < -0.39 is 6.23 Å². The highest BCUT2D eigenvalue weighted by Gasteiger charge is 2.42. The predicted octanol–water partition coefficient (Wildman–Crippen LogP) is 1.77. The number of aliphatic hydroxyl groups is 1. The fourth-order valence-electron chi connectivity index (χ4n) is 3.54. The van der Waals surface area contributed by atoms with Crippen LogP contribution in [-0.2, 0) is 0 Å². The van der Waals surface area contributed by atoms with Gasteiger partial charge in [0.05, 0.1) is 29.3 Å². The lowest BCUT2D eigenvalue weighted by atomic mass is 9.87. The Labute approximate surface area is 168 Å². The topological polar surface area (TPSA) is 112 Å². The van der Waals surface area contributed by atoms with E-state index in [2.05, 4.69) is 50.2 Å². The number of nitrogens with zero attached hydrogens (tertiary/aromatic N) is 5. The summed E-state index contributed by atoms with van der Waals surface area (Å²) in [7, 11) is 3.54. The van der Waals surface area contributed by atoms with Gasteiger partial charge >= 0.3 is 0 Å². The Kier molecular flexibility index (Phi) is 5.97. The van der Waals surface area contributed by atoms with E-state index in [0.717, 1.165) is 17.7 Å². The van der Waals surface area contributed by atoms with Crippen LogP contribution in [0.1, 0.15) is 20.3 Å². The van der Waals surface area contributed by atoms with Gasteiger partial charge in [0.25, 0.3) is 0 Å². The molecule has 0 radical (unpaired) electrons. The summed E-state index contributed by atoms with van der Waals surface area (Å²) >= 11 is 6.32. The highest BCUT2D eigenvalue weighted by Crippen LogP contribution is 2.45. The molecule has 1 aliphatic rings. The van der Waals surface area contributed by atoms with E-state index in [4.69, 9.17) is 11.6 Å². The van der Waals surface area contributed by atoms with Gasteiger partial charge in [0.2, 0.25) is 0 Å². The summed E-state index contributed by atoms with van der Waals surface area (Å²) in [6.45, 7) is 4.26. The largest absolute Gasteiger partial charge is 0.373 e. The van der Waals surface area contributed by atoms with Crippen LogP contribution in [0, 0.1) is 11.3 Å². The Bertz CT molecular complexity index is 878. The number of nitrogens with one attached hydrogen (secondary N) is 3. The van der Waals surface area contributed by atoms with Gasteiger partial charge < -0.3 is 15.8 Å². The Hall–Kier alpha value is -2.49. The summed E-state index contributed by atoms with van der Waals surface area (Å²) < 4.78 is 0. The number of halogens is 1. The van der Waals surface area contributed by atoms with Gasteiger partial charge in [0.15, 0.2) is 5.82 Å². The maximum Gasteiger partial charge on any atom is 0.193 e. The lowest BCUT2D eigenvalue weighted by Crippen LogP contribution is -2.33. The zero-order chi connectivity index (χ0) is 20.3. The van der Waals surface area contributed by atoms with Crippen LogP contribution in [0.25, 0.3) is 5.82 Å². The first-order valence-corrected chi connectivity index (χ1v) is 9.31. The van der Waals surface area contributed by atoms with E-state index >= 15 is 0 Å². The number of anilines is 1. The summed E-state index contributed by atoms with van der Waals surface area (Å²) in [6.07, 6.45) is 6.41. The Morgan fingerprint density at radius 2 is 2.11 bits per heavy atom. The average molecular weight is 405 g/mol. The first-order valence-electron chi connectivity index (χ1n) is 8.93. The van der Waals surface area contributed by atoms with Crippen LogP contribution >= 0.6 is 11.6 Å². The van der Waals surface area contributed by atoms with Crippen molar-refractivity contribution in [3.63, 3.8) is 0 Å². The van der Waals surface area contributed by atoms with Crippen molar-refractivity contribution in [3.8, 4) is 5.82 Å². The quantitative estimate of drug-likeness (QED) is 0.316. The van der Waals surface area contributed by atoms with Crippen molar-refractivity contribution in [2.24, 2.45) is 16.3 Å². The van der Waals surface area contributed by atoms with E-state index in [1.807, 2.05) is 7.05 Å². The molecule has 1 aliphatic carbocycles. The molecule has 0 amide bonds. The summed E-state index contributed by atoms with van der Waals surface area (Å²) in [5.41, 5.74) is 8.61. The van der Waals surface area contributed by atoms with Gasteiger partial charge in [-0.05, 0) is 18.1 Å². The van der Waals surface area contributed by atoms with Crippen LogP contribution in [0.4, 0.5) is 5.69 Å². The number of hydrogen-bond acceptors (Lipinski definition) is 8. The van der Waals surface area contributed by atoms with Crippen molar-refractivity contribution in [1.82, 2.24) is 30.8 Å². The Balaban J connectivity index is 1.82. The Morgan fingerprint density at radius 1 is 1.39 bits per heavy atom. The molecule has 150 valence electrons. The second-order valence-corrected chi connectivity index (χ2v) is 7.63.